The Balaban J connectivity index is 1.77. The Morgan fingerprint density at radius 2 is 1.79 bits per heavy atom. The van der Waals surface area contributed by atoms with Crippen molar-refractivity contribution in [2.75, 3.05) is 19.0 Å². The number of nitrogens with one attached hydrogen (secondary N) is 1. The van der Waals surface area contributed by atoms with Crippen LogP contribution in [-0.2, 0) is 13.1 Å². The molecular formula is C21H21ClN4O2. The first-order valence-corrected chi connectivity index (χ1v) is 9.19. The standard InChI is InChI=1S/C21H21ClN4O2/c1-23-20(27)17-10-8-16(9-11-17)13-25(2)18-12-24-26(21(28)19(18)22)14-15-6-4-3-5-7-15/h3-12H,13-14H2,1-2H3,(H,23,27). The molecule has 1 amide bonds. The van der Waals surface area contributed by atoms with Crippen LogP contribution in [0.25, 0.3) is 0 Å². The van der Waals surface area contributed by atoms with Gasteiger partial charge in [-0.2, -0.15) is 5.10 Å². The van der Waals surface area contributed by atoms with Crippen LogP contribution in [0.15, 0.2) is 65.6 Å². The molecule has 6 nitrogen and oxygen atoms in total. The number of nitrogens with zero attached hydrogens (tertiary/aromatic N) is 3. The Bertz CT molecular complexity index is 1020. The van der Waals surface area contributed by atoms with Gasteiger partial charge in [0, 0.05) is 26.2 Å². The first-order chi connectivity index (χ1) is 13.5. The zero-order chi connectivity index (χ0) is 20.1. The summed E-state index contributed by atoms with van der Waals surface area (Å²) < 4.78 is 1.35. The van der Waals surface area contributed by atoms with E-state index >= 15 is 0 Å². The molecule has 144 valence electrons. The van der Waals surface area contributed by atoms with Crippen LogP contribution in [0.4, 0.5) is 5.69 Å². The lowest BCUT2D eigenvalue weighted by molar-refractivity contribution is 0.0963. The lowest BCUT2D eigenvalue weighted by atomic mass is 10.1. The van der Waals surface area contributed by atoms with Crippen LogP contribution in [0, 0.1) is 0 Å². The summed E-state index contributed by atoms with van der Waals surface area (Å²) in [7, 11) is 3.44. The van der Waals surface area contributed by atoms with Gasteiger partial charge in [0.1, 0.15) is 5.02 Å². The average molecular weight is 397 g/mol. The molecule has 0 saturated carbocycles. The van der Waals surface area contributed by atoms with Crippen LogP contribution in [0.3, 0.4) is 0 Å². The van der Waals surface area contributed by atoms with Gasteiger partial charge in [0.25, 0.3) is 11.5 Å². The molecule has 0 spiro atoms. The summed E-state index contributed by atoms with van der Waals surface area (Å²) in [5, 5.41) is 7.00. The summed E-state index contributed by atoms with van der Waals surface area (Å²) in [6.07, 6.45) is 1.60. The number of aromatic nitrogens is 2. The second kappa shape index (κ2) is 8.71. The predicted molar refractivity (Wildman–Crippen MR) is 111 cm³/mol. The zero-order valence-corrected chi connectivity index (χ0v) is 16.5. The third-order valence-corrected chi connectivity index (χ3v) is 4.77. The van der Waals surface area contributed by atoms with Gasteiger partial charge < -0.3 is 10.2 Å². The molecule has 2 aromatic carbocycles. The minimum Gasteiger partial charge on any atom is -0.368 e. The number of carbonyl (C=O) groups is 1. The van der Waals surface area contributed by atoms with Gasteiger partial charge in [-0.3, -0.25) is 9.59 Å². The summed E-state index contributed by atoms with van der Waals surface area (Å²) in [5.41, 5.74) is 2.79. The zero-order valence-electron chi connectivity index (χ0n) is 15.7. The highest BCUT2D eigenvalue weighted by Gasteiger charge is 2.14. The fraction of sp³-hybridized carbons (Fsp3) is 0.190. The second-order valence-corrected chi connectivity index (χ2v) is 6.80. The lowest BCUT2D eigenvalue weighted by Crippen LogP contribution is -2.27. The molecule has 3 aromatic rings. The maximum absolute atomic E-state index is 12.6. The quantitative estimate of drug-likeness (QED) is 0.695. The number of benzene rings is 2. The van der Waals surface area contributed by atoms with Crippen molar-refractivity contribution in [1.29, 1.82) is 0 Å². The molecule has 0 atom stereocenters. The molecule has 28 heavy (non-hydrogen) atoms. The normalized spacial score (nSPS) is 10.5. The van der Waals surface area contributed by atoms with Crippen LogP contribution in [-0.4, -0.2) is 29.8 Å². The van der Waals surface area contributed by atoms with Crippen LogP contribution < -0.4 is 15.8 Å². The SMILES string of the molecule is CNC(=O)c1ccc(CN(C)c2cnn(Cc3ccccc3)c(=O)c2Cl)cc1. The third-order valence-electron chi connectivity index (χ3n) is 4.42. The number of carbonyl (C=O) groups excluding carboxylic acids is 1. The van der Waals surface area contributed by atoms with Crippen LogP contribution in [0.5, 0.6) is 0 Å². The van der Waals surface area contributed by atoms with E-state index in [2.05, 4.69) is 10.4 Å². The Morgan fingerprint density at radius 1 is 1.11 bits per heavy atom. The number of amides is 1. The van der Waals surface area contributed by atoms with Crippen molar-refractivity contribution in [3.05, 3.63) is 92.9 Å². The molecule has 3 rings (SSSR count). The number of rotatable bonds is 6. The maximum Gasteiger partial charge on any atom is 0.287 e. The van der Waals surface area contributed by atoms with E-state index in [1.54, 1.807) is 25.4 Å². The van der Waals surface area contributed by atoms with Gasteiger partial charge in [0.05, 0.1) is 18.4 Å². The topological polar surface area (TPSA) is 67.2 Å². The van der Waals surface area contributed by atoms with Crippen molar-refractivity contribution < 1.29 is 4.79 Å². The number of halogens is 1. The van der Waals surface area contributed by atoms with E-state index in [-0.39, 0.29) is 16.5 Å². The van der Waals surface area contributed by atoms with Gasteiger partial charge in [-0.25, -0.2) is 4.68 Å². The molecule has 0 aliphatic carbocycles. The van der Waals surface area contributed by atoms with Gasteiger partial charge >= 0.3 is 0 Å². The predicted octanol–water partition coefficient (Wildman–Crippen LogP) is 2.94. The maximum atomic E-state index is 12.6. The van der Waals surface area contributed by atoms with E-state index in [0.29, 0.717) is 24.3 Å². The van der Waals surface area contributed by atoms with Crippen molar-refractivity contribution >= 4 is 23.2 Å². The molecule has 1 N–H and O–H groups in total. The number of anilines is 1. The Kier molecular flexibility index (Phi) is 6.11. The molecule has 0 aliphatic heterocycles. The van der Waals surface area contributed by atoms with Gasteiger partial charge in [-0.1, -0.05) is 54.1 Å². The monoisotopic (exact) mass is 396 g/mol. The molecule has 0 saturated heterocycles. The van der Waals surface area contributed by atoms with E-state index in [4.69, 9.17) is 11.6 Å². The Morgan fingerprint density at radius 3 is 2.43 bits per heavy atom. The van der Waals surface area contributed by atoms with Crippen molar-refractivity contribution in [3.63, 3.8) is 0 Å². The molecule has 0 aliphatic rings. The van der Waals surface area contributed by atoms with Crippen molar-refractivity contribution in [2.45, 2.75) is 13.1 Å². The minimum absolute atomic E-state index is 0.130. The van der Waals surface area contributed by atoms with Gasteiger partial charge in [0.15, 0.2) is 0 Å². The Labute approximate surface area is 168 Å². The molecule has 0 fully saturated rings. The van der Waals surface area contributed by atoms with Crippen LogP contribution in [0.2, 0.25) is 5.02 Å². The second-order valence-electron chi connectivity index (χ2n) is 6.42. The first-order valence-electron chi connectivity index (χ1n) is 8.81. The van der Waals surface area contributed by atoms with E-state index in [1.165, 1.54) is 4.68 Å². The van der Waals surface area contributed by atoms with Crippen LogP contribution >= 0.6 is 11.6 Å². The van der Waals surface area contributed by atoms with E-state index in [1.807, 2.05) is 54.4 Å². The molecule has 0 radical (unpaired) electrons. The molecule has 0 unspecified atom stereocenters. The fourth-order valence-corrected chi connectivity index (χ4v) is 3.15. The van der Waals surface area contributed by atoms with Crippen molar-refractivity contribution in [3.8, 4) is 0 Å². The summed E-state index contributed by atoms with van der Waals surface area (Å²) in [6.45, 7) is 0.891. The minimum atomic E-state index is -0.329. The number of hydrogen-bond donors (Lipinski definition) is 1. The summed E-state index contributed by atoms with van der Waals surface area (Å²) in [6, 6.07) is 16.9. The van der Waals surface area contributed by atoms with E-state index in [9.17, 15) is 9.59 Å². The number of hydrogen-bond acceptors (Lipinski definition) is 4. The lowest BCUT2D eigenvalue weighted by Gasteiger charge is -2.20. The van der Waals surface area contributed by atoms with E-state index < -0.39 is 0 Å². The van der Waals surface area contributed by atoms with Crippen LogP contribution in [0.1, 0.15) is 21.5 Å². The highest BCUT2D eigenvalue weighted by atomic mass is 35.5. The largest absolute Gasteiger partial charge is 0.368 e. The summed E-state index contributed by atoms with van der Waals surface area (Å²) in [5.74, 6) is -0.130. The smallest absolute Gasteiger partial charge is 0.287 e. The van der Waals surface area contributed by atoms with E-state index in [0.717, 1.165) is 11.1 Å². The average Bonchev–Trinajstić information content (AvgIpc) is 2.72. The third kappa shape index (κ3) is 4.40. The first kappa shape index (κ1) is 19.6. The van der Waals surface area contributed by atoms with Gasteiger partial charge in [-0.15, -0.1) is 0 Å². The fourth-order valence-electron chi connectivity index (χ4n) is 2.86. The molecule has 0 bridgehead atoms. The molecule has 7 heteroatoms. The summed E-state index contributed by atoms with van der Waals surface area (Å²) >= 11 is 6.34. The van der Waals surface area contributed by atoms with Gasteiger partial charge in [-0.05, 0) is 23.3 Å². The highest BCUT2D eigenvalue weighted by molar-refractivity contribution is 6.33. The molecule has 1 heterocycles. The molecular weight excluding hydrogens is 376 g/mol. The highest BCUT2D eigenvalue weighted by Crippen LogP contribution is 2.21. The van der Waals surface area contributed by atoms with Crippen molar-refractivity contribution in [2.24, 2.45) is 0 Å². The van der Waals surface area contributed by atoms with Crippen molar-refractivity contribution in [1.82, 2.24) is 15.1 Å². The van der Waals surface area contributed by atoms with Gasteiger partial charge in [0.2, 0.25) is 0 Å². The summed E-state index contributed by atoms with van der Waals surface area (Å²) in [4.78, 5) is 26.1. The Hall–Kier alpha value is -3.12. The molecule has 1 aromatic heterocycles.